The van der Waals surface area contributed by atoms with Crippen LogP contribution in [0.3, 0.4) is 0 Å². The van der Waals surface area contributed by atoms with Gasteiger partial charge in [-0.3, -0.25) is 4.79 Å². The molecule has 0 radical (unpaired) electrons. The highest BCUT2D eigenvalue weighted by molar-refractivity contribution is 9.09. The summed E-state index contributed by atoms with van der Waals surface area (Å²) >= 11 is 9.32. The highest BCUT2D eigenvalue weighted by Gasteiger charge is 2.14. The minimum absolute atomic E-state index is 0.151. The Labute approximate surface area is 132 Å². The van der Waals surface area contributed by atoms with E-state index in [0.717, 1.165) is 6.42 Å². The average Bonchev–Trinajstić information content (AvgIpc) is 2.38. The molecule has 2 atom stereocenters. The third-order valence-corrected chi connectivity index (χ3v) is 3.54. The van der Waals surface area contributed by atoms with Gasteiger partial charge in [-0.2, -0.15) is 0 Å². The third kappa shape index (κ3) is 6.59. The van der Waals surface area contributed by atoms with Crippen molar-refractivity contribution in [1.29, 1.82) is 0 Å². The Kier molecular flexibility index (Phi) is 7.95. The van der Waals surface area contributed by atoms with Crippen LogP contribution in [-0.4, -0.2) is 37.1 Å². The molecule has 6 heteroatoms. The zero-order valence-corrected chi connectivity index (χ0v) is 13.9. The van der Waals surface area contributed by atoms with Crippen molar-refractivity contribution in [3.05, 3.63) is 29.3 Å². The van der Waals surface area contributed by atoms with Gasteiger partial charge in [-0.1, -0.05) is 33.6 Å². The number of nitrogens with one attached hydrogen (secondary N) is 1. The molecule has 2 unspecified atom stereocenters. The van der Waals surface area contributed by atoms with Crippen molar-refractivity contribution in [2.24, 2.45) is 0 Å². The van der Waals surface area contributed by atoms with Crippen molar-refractivity contribution >= 4 is 33.4 Å². The predicted octanol–water partition coefficient (Wildman–Crippen LogP) is 3.02. The molecule has 0 fully saturated rings. The first-order valence-corrected chi connectivity index (χ1v) is 7.65. The van der Waals surface area contributed by atoms with Gasteiger partial charge in [0.15, 0.2) is 6.10 Å². The molecule has 1 amide bonds. The Morgan fingerprint density at radius 3 is 2.90 bits per heavy atom. The Morgan fingerprint density at radius 2 is 2.25 bits per heavy atom. The molecule has 4 nitrogen and oxygen atoms in total. The van der Waals surface area contributed by atoms with E-state index in [0.29, 0.717) is 23.9 Å². The predicted molar refractivity (Wildman–Crippen MR) is 83.8 cm³/mol. The van der Waals surface area contributed by atoms with Crippen LogP contribution in [0.25, 0.3) is 0 Å². The van der Waals surface area contributed by atoms with Crippen molar-refractivity contribution in [3.63, 3.8) is 0 Å². The number of halogens is 2. The Balaban J connectivity index is 2.32. The molecule has 1 N–H and O–H groups in total. The monoisotopic (exact) mass is 363 g/mol. The van der Waals surface area contributed by atoms with Crippen LogP contribution in [0.2, 0.25) is 5.02 Å². The molecule has 0 bridgehead atoms. The molecule has 0 aliphatic carbocycles. The Morgan fingerprint density at radius 1 is 1.50 bits per heavy atom. The van der Waals surface area contributed by atoms with E-state index in [-0.39, 0.29) is 10.7 Å². The second kappa shape index (κ2) is 9.21. The maximum Gasteiger partial charge on any atom is 0.260 e. The molecular formula is C14H19BrClNO3. The van der Waals surface area contributed by atoms with Crippen LogP contribution >= 0.6 is 27.5 Å². The molecule has 1 rings (SSSR count). The van der Waals surface area contributed by atoms with E-state index in [1.54, 1.807) is 38.3 Å². The lowest BCUT2D eigenvalue weighted by Gasteiger charge is -2.15. The molecule has 1 aromatic carbocycles. The van der Waals surface area contributed by atoms with Gasteiger partial charge in [-0.05, 0) is 31.5 Å². The zero-order valence-electron chi connectivity index (χ0n) is 11.6. The lowest BCUT2D eigenvalue weighted by molar-refractivity contribution is -0.127. The molecule has 112 valence electrons. The fourth-order valence-corrected chi connectivity index (χ4v) is 2.23. The van der Waals surface area contributed by atoms with E-state index in [2.05, 4.69) is 21.2 Å². The number of ether oxygens (including phenoxy) is 2. The Bertz CT molecular complexity index is 431. The van der Waals surface area contributed by atoms with Gasteiger partial charge in [0, 0.05) is 23.5 Å². The number of carbonyl (C=O) groups is 1. The van der Waals surface area contributed by atoms with Crippen LogP contribution in [0.1, 0.15) is 13.3 Å². The van der Waals surface area contributed by atoms with E-state index in [4.69, 9.17) is 21.1 Å². The summed E-state index contributed by atoms with van der Waals surface area (Å²) < 4.78 is 10.5. The van der Waals surface area contributed by atoms with E-state index < -0.39 is 6.10 Å². The minimum Gasteiger partial charge on any atom is -0.481 e. The van der Waals surface area contributed by atoms with Crippen LogP contribution in [0.15, 0.2) is 24.3 Å². The van der Waals surface area contributed by atoms with Gasteiger partial charge in [0.1, 0.15) is 5.75 Å². The highest BCUT2D eigenvalue weighted by Crippen LogP contribution is 2.18. The second-order valence-corrected chi connectivity index (χ2v) is 6.08. The first-order chi connectivity index (χ1) is 9.52. The normalized spacial score (nSPS) is 13.6. The maximum atomic E-state index is 11.9. The van der Waals surface area contributed by atoms with Gasteiger partial charge in [0.05, 0.1) is 6.61 Å². The van der Waals surface area contributed by atoms with Crippen molar-refractivity contribution in [1.82, 2.24) is 5.32 Å². The average molecular weight is 365 g/mol. The number of benzene rings is 1. The quantitative estimate of drug-likeness (QED) is 0.721. The summed E-state index contributed by atoms with van der Waals surface area (Å²) in [5, 5.41) is 3.40. The van der Waals surface area contributed by atoms with Gasteiger partial charge in [-0.25, -0.2) is 0 Å². The highest BCUT2D eigenvalue weighted by atomic mass is 79.9. The number of alkyl halides is 1. The Hall–Kier alpha value is -0.780. The SMILES string of the molecule is COCC(Br)CCNC(=O)C(C)Oc1cccc(Cl)c1. The van der Waals surface area contributed by atoms with Crippen molar-refractivity contribution in [3.8, 4) is 5.75 Å². The molecule has 0 spiro atoms. The van der Waals surface area contributed by atoms with Crippen LogP contribution in [0.4, 0.5) is 0 Å². The fraction of sp³-hybridized carbons (Fsp3) is 0.500. The second-order valence-electron chi connectivity index (χ2n) is 4.35. The summed E-state index contributed by atoms with van der Waals surface area (Å²) in [5.74, 6) is 0.431. The standard InChI is InChI=1S/C14H19BrClNO3/c1-10(20-13-5-3-4-12(16)8-13)14(18)17-7-6-11(15)9-19-2/h3-5,8,10-11H,6-7,9H2,1-2H3,(H,17,18). The number of methoxy groups -OCH3 is 1. The van der Waals surface area contributed by atoms with Crippen molar-refractivity contribution < 1.29 is 14.3 Å². The molecule has 0 aliphatic rings. The summed E-state index contributed by atoms with van der Waals surface area (Å²) in [6, 6.07) is 6.98. The van der Waals surface area contributed by atoms with E-state index in [1.807, 2.05) is 0 Å². The van der Waals surface area contributed by atoms with Gasteiger partial charge in [-0.15, -0.1) is 0 Å². The molecule has 0 aliphatic heterocycles. The first kappa shape index (κ1) is 17.3. The van der Waals surface area contributed by atoms with Gasteiger partial charge < -0.3 is 14.8 Å². The lowest BCUT2D eigenvalue weighted by atomic mass is 10.3. The number of carbonyl (C=O) groups excluding carboxylic acids is 1. The third-order valence-electron chi connectivity index (χ3n) is 2.58. The van der Waals surface area contributed by atoms with Crippen molar-refractivity contribution in [2.75, 3.05) is 20.3 Å². The summed E-state index contributed by atoms with van der Waals surface area (Å²) in [5.41, 5.74) is 0. The van der Waals surface area contributed by atoms with E-state index in [1.165, 1.54) is 0 Å². The number of hydrogen-bond acceptors (Lipinski definition) is 3. The van der Waals surface area contributed by atoms with Gasteiger partial charge in [0.2, 0.25) is 0 Å². The molecule has 20 heavy (non-hydrogen) atoms. The summed E-state index contributed by atoms with van der Waals surface area (Å²) in [6.07, 6.45) is 0.230. The number of rotatable bonds is 8. The molecular weight excluding hydrogens is 346 g/mol. The van der Waals surface area contributed by atoms with E-state index in [9.17, 15) is 4.79 Å². The fourth-order valence-electron chi connectivity index (χ4n) is 1.56. The van der Waals surface area contributed by atoms with Gasteiger partial charge in [0.25, 0.3) is 5.91 Å². The van der Waals surface area contributed by atoms with Crippen LogP contribution in [0, 0.1) is 0 Å². The summed E-state index contributed by atoms with van der Waals surface area (Å²) in [6.45, 7) is 2.89. The zero-order chi connectivity index (χ0) is 15.0. The molecule has 0 aromatic heterocycles. The van der Waals surface area contributed by atoms with Crippen LogP contribution < -0.4 is 10.1 Å². The molecule has 0 saturated heterocycles. The first-order valence-electron chi connectivity index (χ1n) is 6.36. The summed E-state index contributed by atoms with van der Waals surface area (Å²) in [4.78, 5) is 12.1. The summed E-state index contributed by atoms with van der Waals surface area (Å²) in [7, 11) is 1.65. The largest absolute Gasteiger partial charge is 0.481 e. The molecule has 0 heterocycles. The van der Waals surface area contributed by atoms with E-state index >= 15 is 0 Å². The topological polar surface area (TPSA) is 47.6 Å². The number of hydrogen-bond donors (Lipinski definition) is 1. The minimum atomic E-state index is -0.565. The van der Waals surface area contributed by atoms with Crippen LogP contribution in [0.5, 0.6) is 5.75 Å². The molecule has 1 aromatic rings. The van der Waals surface area contributed by atoms with Gasteiger partial charge >= 0.3 is 0 Å². The maximum absolute atomic E-state index is 11.9. The lowest BCUT2D eigenvalue weighted by Crippen LogP contribution is -2.37. The smallest absolute Gasteiger partial charge is 0.260 e. The van der Waals surface area contributed by atoms with Crippen molar-refractivity contribution in [2.45, 2.75) is 24.3 Å². The number of amides is 1. The molecule has 0 saturated carbocycles. The van der Waals surface area contributed by atoms with Crippen LogP contribution in [-0.2, 0) is 9.53 Å².